The maximum Gasteiger partial charge on any atom is 0.271 e. The number of hydrogen-bond donors (Lipinski definition) is 5. The predicted octanol–water partition coefficient (Wildman–Crippen LogP) is -3.57. The Morgan fingerprint density at radius 2 is 2.21 bits per heavy atom. The Labute approximate surface area is 107 Å². The molecule has 0 spiro atoms. The summed E-state index contributed by atoms with van der Waals surface area (Å²) in [6.07, 6.45) is -3.83. The van der Waals surface area contributed by atoms with Gasteiger partial charge in [0.15, 0.2) is 11.5 Å². The third-order valence-corrected chi connectivity index (χ3v) is 2.72. The number of aliphatic hydroxyl groups excluding tert-OH is 3. The van der Waals surface area contributed by atoms with Gasteiger partial charge >= 0.3 is 0 Å². The van der Waals surface area contributed by atoms with Crippen LogP contribution in [0.4, 0.5) is 5.82 Å². The van der Waals surface area contributed by atoms with Crippen LogP contribution in [-0.4, -0.2) is 62.1 Å². The van der Waals surface area contributed by atoms with E-state index in [4.69, 9.17) is 26.1 Å². The predicted molar refractivity (Wildman–Crippen MR) is 59.5 cm³/mol. The number of hydrogen-bond acceptors (Lipinski definition) is 8. The van der Waals surface area contributed by atoms with Crippen LogP contribution in [0.5, 0.6) is 0 Å². The van der Waals surface area contributed by atoms with Crippen molar-refractivity contribution in [3.63, 3.8) is 0 Å². The third kappa shape index (κ3) is 2.33. The molecular weight excluding hydrogens is 260 g/mol. The van der Waals surface area contributed by atoms with Gasteiger partial charge in [0.05, 0.1) is 6.61 Å². The summed E-state index contributed by atoms with van der Waals surface area (Å²) in [5, 5.41) is 28.1. The van der Waals surface area contributed by atoms with Crippen LogP contribution in [0.3, 0.4) is 0 Å². The third-order valence-electron chi connectivity index (χ3n) is 2.72. The van der Waals surface area contributed by atoms with E-state index in [1.165, 1.54) is 0 Å². The molecule has 0 saturated carbocycles. The molecular formula is C9H14N4O6. The van der Waals surface area contributed by atoms with E-state index >= 15 is 0 Å². The van der Waals surface area contributed by atoms with E-state index in [1.807, 2.05) is 0 Å². The van der Waals surface area contributed by atoms with Crippen molar-refractivity contribution in [1.82, 2.24) is 9.71 Å². The minimum atomic E-state index is -1.38. The fourth-order valence-corrected chi connectivity index (χ4v) is 1.68. The summed E-state index contributed by atoms with van der Waals surface area (Å²) < 4.78 is 5.96. The molecule has 7 N–H and O–H groups in total. The van der Waals surface area contributed by atoms with E-state index in [0.29, 0.717) is 0 Å². The van der Waals surface area contributed by atoms with Gasteiger partial charge in [-0.1, -0.05) is 0 Å². The zero-order valence-corrected chi connectivity index (χ0v) is 9.71. The lowest BCUT2D eigenvalue weighted by atomic mass is 10.1. The fraction of sp³-hybridized carbons (Fsp3) is 0.556. The molecule has 0 aliphatic carbocycles. The van der Waals surface area contributed by atoms with Gasteiger partial charge in [-0.2, -0.15) is 4.73 Å². The lowest BCUT2D eigenvalue weighted by Gasteiger charge is -2.17. The lowest BCUT2D eigenvalue weighted by molar-refractivity contribution is -0.169. The number of aliphatic hydroxyl groups is 3. The van der Waals surface area contributed by atoms with E-state index in [1.54, 1.807) is 0 Å². The number of carbonyl (C=O) groups excluding carboxylic acids is 1. The van der Waals surface area contributed by atoms with E-state index in [2.05, 4.69) is 4.98 Å². The van der Waals surface area contributed by atoms with Crippen LogP contribution < -0.4 is 16.3 Å². The Balaban J connectivity index is 2.12. The molecule has 4 atom stereocenters. The van der Waals surface area contributed by atoms with Crippen LogP contribution in [0.1, 0.15) is 10.5 Å². The number of anilines is 1. The lowest BCUT2D eigenvalue weighted by Crippen LogP contribution is -2.38. The number of amides is 1. The molecule has 10 nitrogen and oxygen atoms in total. The molecule has 0 bridgehead atoms. The van der Waals surface area contributed by atoms with Gasteiger partial charge in [0.1, 0.15) is 24.6 Å². The average molecular weight is 274 g/mol. The first-order chi connectivity index (χ1) is 8.95. The number of nitrogens with zero attached hydrogens (tertiary/aromatic N) is 2. The number of aromatic nitrogens is 2. The number of nitrogens with two attached hydrogens (primary N) is 2. The van der Waals surface area contributed by atoms with Crippen molar-refractivity contribution in [3.8, 4) is 0 Å². The molecule has 2 rings (SSSR count). The monoisotopic (exact) mass is 274 g/mol. The Morgan fingerprint density at radius 3 is 2.68 bits per heavy atom. The van der Waals surface area contributed by atoms with Gasteiger partial charge in [0.25, 0.3) is 12.2 Å². The zero-order chi connectivity index (χ0) is 14.2. The summed E-state index contributed by atoms with van der Waals surface area (Å²) in [5.74, 6) is -0.994. The van der Waals surface area contributed by atoms with Gasteiger partial charge in [-0.15, -0.1) is 0 Å². The molecule has 1 fully saturated rings. The van der Waals surface area contributed by atoms with Crippen LogP contribution in [0.2, 0.25) is 0 Å². The molecule has 1 amide bonds. The molecule has 0 aromatic carbocycles. The number of ether oxygens (including phenoxy) is 1. The Bertz CT molecular complexity index is 477. The topological polar surface area (TPSA) is 166 Å². The van der Waals surface area contributed by atoms with Gasteiger partial charge < -0.3 is 36.4 Å². The highest BCUT2D eigenvalue weighted by atomic mass is 16.8. The largest absolute Gasteiger partial charge is 0.394 e. The minimum Gasteiger partial charge on any atom is -0.394 e. The summed E-state index contributed by atoms with van der Waals surface area (Å²) >= 11 is 0. The highest BCUT2D eigenvalue weighted by Gasteiger charge is 2.44. The molecule has 1 aliphatic rings. The van der Waals surface area contributed by atoms with Gasteiger partial charge in [0.2, 0.25) is 0 Å². The number of nitrogen functional groups attached to an aromatic ring is 1. The Hall–Kier alpha value is -1.88. The fourth-order valence-electron chi connectivity index (χ4n) is 1.68. The molecule has 19 heavy (non-hydrogen) atoms. The van der Waals surface area contributed by atoms with Crippen molar-refractivity contribution in [2.75, 3.05) is 12.3 Å². The van der Waals surface area contributed by atoms with Crippen molar-refractivity contribution in [1.29, 1.82) is 0 Å². The second-order valence-electron chi connectivity index (χ2n) is 3.98. The van der Waals surface area contributed by atoms with Gasteiger partial charge in [-0.25, -0.2) is 4.98 Å². The summed E-state index contributed by atoms with van der Waals surface area (Å²) in [4.78, 5) is 19.7. The van der Waals surface area contributed by atoms with E-state index in [9.17, 15) is 15.0 Å². The van der Waals surface area contributed by atoms with Crippen molar-refractivity contribution < 1.29 is 29.7 Å². The highest BCUT2D eigenvalue weighted by Crippen LogP contribution is 2.21. The SMILES string of the molecule is NC(=O)c1ncn(OC2O[C@H](CO)[C@@H](O)[C@H]2O)c1N. The molecule has 1 aromatic rings. The highest BCUT2D eigenvalue weighted by molar-refractivity contribution is 5.95. The zero-order valence-electron chi connectivity index (χ0n) is 9.71. The number of primary amides is 1. The van der Waals surface area contributed by atoms with Gasteiger partial charge in [-0.3, -0.25) is 4.79 Å². The summed E-state index contributed by atoms with van der Waals surface area (Å²) in [7, 11) is 0. The number of imidazole rings is 1. The maximum absolute atomic E-state index is 10.9. The first-order valence-electron chi connectivity index (χ1n) is 5.38. The molecule has 0 radical (unpaired) electrons. The molecule has 10 heteroatoms. The average Bonchev–Trinajstić information content (AvgIpc) is 2.85. The molecule has 1 aliphatic heterocycles. The van der Waals surface area contributed by atoms with Crippen LogP contribution >= 0.6 is 0 Å². The Kier molecular flexibility index (Phi) is 3.57. The standard InChI is InChI=1S/C9H14N4O6/c10-7-4(8(11)17)12-2-13(7)19-9-6(16)5(15)3(1-14)18-9/h2-3,5-6,9,14-16H,1,10H2,(H2,11,17)/t3-,5-,6-,9?/m1/s1. The van der Waals surface area contributed by atoms with Crippen molar-refractivity contribution >= 4 is 11.7 Å². The van der Waals surface area contributed by atoms with Gasteiger partial charge in [0, 0.05) is 0 Å². The molecule has 1 unspecified atom stereocenters. The smallest absolute Gasteiger partial charge is 0.271 e. The molecule has 1 saturated heterocycles. The second-order valence-corrected chi connectivity index (χ2v) is 3.98. The normalized spacial score (nSPS) is 30.5. The summed E-state index contributed by atoms with van der Waals surface area (Å²) in [6.45, 7) is -0.482. The maximum atomic E-state index is 10.9. The van der Waals surface area contributed by atoms with E-state index in [0.717, 1.165) is 11.1 Å². The van der Waals surface area contributed by atoms with Crippen molar-refractivity contribution in [2.24, 2.45) is 5.73 Å². The second kappa shape index (κ2) is 5.01. The van der Waals surface area contributed by atoms with Crippen LogP contribution in [0.25, 0.3) is 0 Å². The number of carbonyl (C=O) groups is 1. The Morgan fingerprint density at radius 1 is 1.53 bits per heavy atom. The molecule has 1 aromatic heterocycles. The van der Waals surface area contributed by atoms with Gasteiger partial charge in [-0.05, 0) is 0 Å². The van der Waals surface area contributed by atoms with Crippen LogP contribution in [0.15, 0.2) is 6.33 Å². The van der Waals surface area contributed by atoms with Crippen LogP contribution in [0, 0.1) is 0 Å². The summed E-state index contributed by atoms with van der Waals surface area (Å²) in [6, 6.07) is 0. The quantitative estimate of drug-likeness (QED) is 0.376. The van der Waals surface area contributed by atoms with E-state index in [-0.39, 0.29) is 11.5 Å². The van der Waals surface area contributed by atoms with E-state index < -0.39 is 37.1 Å². The minimum absolute atomic E-state index is 0.162. The van der Waals surface area contributed by atoms with Crippen molar-refractivity contribution in [2.45, 2.75) is 24.6 Å². The number of rotatable bonds is 4. The molecule has 2 heterocycles. The van der Waals surface area contributed by atoms with Crippen molar-refractivity contribution in [3.05, 3.63) is 12.0 Å². The van der Waals surface area contributed by atoms with Crippen LogP contribution in [-0.2, 0) is 4.74 Å². The summed E-state index contributed by atoms with van der Waals surface area (Å²) in [5.41, 5.74) is 10.4. The first-order valence-corrected chi connectivity index (χ1v) is 5.38. The first kappa shape index (κ1) is 13.5. The molecule has 106 valence electrons.